The lowest BCUT2D eigenvalue weighted by molar-refractivity contribution is -0.145. The highest BCUT2D eigenvalue weighted by Gasteiger charge is 2.32. The quantitative estimate of drug-likeness (QED) is 0.830. The van der Waals surface area contributed by atoms with Gasteiger partial charge in [0.15, 0.2) is 11.5 Å². The van der Waals surface area contributed by atoms with Crippen molar-refractivity contribution in [3.8, 4) is 11.5 Å². The maximum absolute atomic E-state index is 11.4. The van der Waals surface area contributed by atoms with Gasteiger partial charge >= 0.3 is 5.97 Å². The summed E-state index contributed by atoms with van der Waals surface area (Å²) in [7, 11) is 0. The van der Waals surface area contributed by atoms with Crippen LogP contribution >= 0.6 is 0 Å². The van der Waals surface area contributed by atoms with E-state index >= 15 is 0 Å². The number of ether oxygens (including phenoxy) is 3. The lowest BCUT2D eigenvalue weighted by Gasteiger charge is -2.18. The number of esters is 1. The van der Waals surface area contributed by atoms with Crippen molar-refractivity contribution in [3.63, 3.8) is 0 Å². The molecular formula is C15H21NO4. The van der Waals surface area contributed by atoms with Crippen molar-refractivity contribution in [2.75, 3.05) is 13.2 Å². The van der Waals surface area contributed by atoms with Gasteiger partial charge in [0.05, 0.1) is 6.61 Å². The number of carbonyl (C=O) groups excluding carboxylic acids is 1. The summed E-state index contributed by atoms with van der Waals surface area (Å²) in [5.41, 5.74) is 6.59. The zero-order valence-electron chi connectivity index (χ0n) is 12.1. The summed E-state index contributed by atoms with van der Waals surface area (Å²) in [5, 5.41) is 0. The van der Waals surface area contributed by atoms with Gasteiger partial charge in [-0.3, -0.25) is 4.79 Å². The molecule has 0 fully saturated rings. The van der Waals surface area contributed by atoms with Gasteiger partial charge < -0.3 is 19.9 Å². The van der Waals surface area contributed by atoms with Crippen molar-refractivity contribution in [3.05, 3.63) is 23.8 Å². The third-order valence-corrected chi connectivity index (χ3v) is 3.06. The van der Waals surface area contributed by atoms with Crippen LogP contribution in [0.4, 0.5) is 0 Å². The van der Waals surface area contributed by atoms with E-state index in [2.05, 4.69) is 0 Å². The normalized spacial score (nSPS) is 17.0. The summed E-state index contributed by atoms with van der Waals surface area (Å²) >= 11 is 0. The second-order valence-electron chi connectivity index (χ2n) is 5.45. The van der Waals surface area contributed by atoms with Crippen molar-refractivity contribution < 1.29 is 19.0 Å². The van der Waals surface area contributed by atoms with E-state index in [1.807, 2.05) is 32.0 Å². The van der Waals surface area contributed by atoms with Gasteiger partial charge in [0.2, 0.25) is 0 Å². The Labute approximate surface area is 119 Å². The molecule has 2 N–H and O–H groups in total. The minimum atomic E-state index is -0.791. The summed E-state index contributed by atoms with van der Waals surface area (Å²) in [6.45, 7) is 6.18. The standard InChI is InChI=1S/C15H21NO4/c1-4-18-14(17)11(16)9-19-12-7-5-6-10-8-15(2,3)20-13(10)12/h5-7,11H,4,8-9,16H2,1-3H3. The highest BCUT2D eigenvalue weighted by Crippen LogP contribution is 2.41. The average molecular weight is 279 g/mol. The first-order chi connectivity index (χ1) is 9.43. The molecule has 0 saturated carbocycles. The molecule has 0 aliphatic carbocycles. The van der Waals surface area contributed by atoms with E-state index in [-0.39, 0.29) is 12.2 Å². The fourth-order valence-corrected chi connectivity index (χ4v) is 2.20. The van der Waals surface area contributed by atoms with Crippen LogP contribution in [-0.4, -0.2) is 30.8 Å². The predicted octanol–water partition coefficient (Wildman–Crippen LogP) is 1.67. The Morgan fingerprint density at radius 1 is 1.50 bits per heavy atom. The average Bonchev–Trinajstić information content (AvgIpc) is 2.70. The third-order valence-electron chi connectivity index (χ3n) is 3.06. The topological polar surface area (TPSA) is 70.8 Å². The third kappa shape index (κ3) is 3.22. The summed E-state index contributed by atoms with van der Waals surface area (Å²) in [4.78, 5) is 11.4. The maximum atomic E-state index is 11.4. The van der Waals surface area contributed by atoms with Gasteiger partial charge in [-0.25, -0.2) is 0 Å². The van der Waals surface area contributed by atoms with Crippen molar-refractivity contribution in [2.24, 2.45) is 5.73 Å². The Balaban J connectivity index is 2.02. The van der Waals surface area contributed by atoms with Gasteiger partial charge in [0, 0.05) is 12.0 Å². The maximum Gasteiger partial charge on any atom is 0.326 e. The highest BCUT2D eigenvalue weighted by atomic mass is 16.5. The molecular weight excluding hydrogens is 258 g/mol. The summed E-state index contributed by atoms with van der Waals surface area (Å²) in [5.74, 6) is 0.905. The monoisotopic (exact) mass is 279 g/mol. The molecule has 1 aliphatic rings. The van der Waals surface area contributed by atoms with Gasteiger partial charge in [0.1, 0.15) is 18.2 Å². The first kappa shape index (κ1) is 14.7. The predicted molar refractivity (Wildman–Crippen MR) is 75.0 cm³/mol. The molecule has 0 saturated heterocycles. The van der Waals surface area contributed by atoms with E-state index in [1.54, 1.807) is 6.92 Å². The van der Waals surface area contributed by atoms with Crippen LogP contribution in [0.5, 0.6) is 11.5 Å². The van der Waals surface area contributed by atoms with Crippen LogP contribution in [0.25, 0.3) is 0 Å². The molecule has 1 atom stereocenters. The summed E-state index contributed by atoms with van der Waals surface area (Å²) in [6, 6.07) is 4.95. The van der Waals surface area contributed by atoms with Crippen LogP contribution in [0.15, 0.2) is 18.2 Å². The molecule has 5 heteroatoms. The van der Waals surface area contributed by atoms with Crippen molar-refractivity contribution in [1.29, 1.82) is 0 Å². The van der Waals surface area contributed by atoms with Crippen LogP contribution < -0.4 is 15.2 Å². The van der Waals surface area contributed by atoms with E-state index in [0.717, 1.165) is 17.7 Å². The SMILES string of the molecule is CCOC(=O)C(N)COc1cccc2c1OC(C)(C)C2. The van der Waals surface area contributed by atoms with Gasteiger partial charge in [-0.2, -0.15) is 0 Å². The van der Waals surface area contributed by atoms with Gasteiger partial charge in [-0.15, -0.1) is 0 Å². The van der Waals surface area contributed by atoms with E-state index in [4.69, 9.17) is 19.9 Å². The number of hydrogen-bond acceptors (Lipinski definition) is 5. The molecule has 0 bridgehead atoms. The minimum absolute atomic E-state index is 0.0685. The van der Waals surface area contributed by atoms with Crippen molar-refractivity contribution in [1.82, 2.24) is 0 Å². The van der Waals surface area contributed by atoms with Gasteiger partial charge in [-0.05, 0) is 26.8 Å². The zero-order valence-corrected chi connectivity index (χ0v) is 12.1. The number of hydrogen-bond donors (Lipinski definition) is 1. The molecule has 1 aromatic rings. The number of fused-ring (bicyclic) bond motifs is 1. The number of para-hydroxylation sites is 1. The molecule has 2 rings (SSSR count). The van der Waals surface area contributed by atoms with E-state index < -0.39 is 12.0 Å². The highest BCUT2D eigenvalue weighted by molar-refractivity contribution is 5.75. The molecule has 0 aromatic heterocycles. The van der Waals surface area contributed by atoms with Crippen LogP contribution in [0.3, 0.4) is 0 Å². The molecule has 5 nitrogen and oxygen atoms in total. The van der Waals surface area contributed by atoms with E-state index in [1.165, 1.54) is 0 Å². The molecule has 20 heavy (non-hydrogen) atoms. The lowest BCUT2D eigenvalue weighted by Crippen LogP contribution is -2.37. The molecule has 1 unspecified atom stereocenters. The fourth-order valence-electron chi connectivity index (χ4n) is 2.20. The number of benzene rings is 1. The first-order valence-corrected chi connectivity index (χ1v) is 6.79. The first-order valence-electron chi connectivity index (χ1n) is 6.79. The Hall–Kier alpha value is -1.75. The molecule has 0 amide bonds. The number of carbonyl (C=O) groups is 1. The van der Waals surface area contributed by atoms with Crippen LogP contribution in [-0.2, 0) is 16.0 Å². The molecule has 1 aromatic carbocycles. The van der Waals surface area contributed by atoms with Crippen molar-refractivity contribution in [2.45, 2.75) is 38.8 Å². The summed E-state index contributed by atoms with van der Waals surface area (Å²) < 4.78 is 16.3. The zero-order chi connectivity index (χ0) is 14.8. The van der Waals surface area contributed by atoms with Gasteiger partial charge in [0.25, 0.3) is 0 Å². The van der Waals surface area contributed by atoms with Crippen molar-refractivity contribution >= 4 is 5.97 Å². The smallest absolute Gasteiger partial charge is 0.326 e. The Morgan fingerprint density at radius 3 is 2.95 bits per heavy atom. The van der Waals surface area contributed by atoms with Gasteiger partial charge in [-0.1, -0.05) is 12.1 Å². The van der Waals surface area contributed by atoms with E-state index in [9.17, 15) is 4.79 Å². The van der Waals surface area contributed by atoms with E-state index in [0.29, 0.717) is 12.4 Å². The summed E-state index contributed by atoms with van der Waals surface area (Å²) in [6.07, 6.45) is 0.837. The number of rotatable bonds is 5. The number of nitrogens with two attached hydrogens (primary N) is 1. The molecule has 0 spiro atoms. The minimum Gasteiger partial charge on any atom is -0.487 e. The molecule has 1 aliphatic heterocycles. The van der Waals surface area contributed by atoms with Crippen LogP contribution in [0, 0.1) is 0 Å². The largest absolute Gasteiger partial charge is 0.487 e. The molecule has 110 valence electrons. The second-order valence-corrected chi connectivity index (χ2v) is 5.45. The molecule has 0 radical (unpaired) electrons. The molecule has 1 heterocycles. The van der Waals surface area contributed by atoms with Crippen LogP contribution in [0.1, 0.15) is 26.3 Å². The fraction of sp³-hybridized carbons (Fsp3) is 0.533. The lowest BCUT2D eigenvalue weighted by atomic mass is 10.0. The Bertz CT molecular complexity index is 499. The Kier molecular flexibility index (Phi) is 4.18. The van der Waals surface area contributed by atoms with Crippen LogP contribution in [0.2, 0.25) is 0 Å². The Morgan fingerprint density at radius 2 is 2.25 bits per heavy atom. The second kappa shape index (κ2) is 5.71.